The Labute approximate surface area is 172 Å². The van der Waals surface area contributed by atoms with E-state index in [9.17, 15) is 9.59 Å². The van der Waals surface area contributed by atoms with E-state index < -0.39 is 5.91 Å². The quantitative estimate of drug-likeness (QED) is 0.504. The summed E-state index contributed by atoms with van der Waals surface area (Å²) in [6.45, 7) is 2.06. The Hall–Kier alpha value is -3.51. The third-order valence-corrected chi connectivity index (χ3v) is 6.06. The molecule has 4 rings (SSSR count). The minimum absolute atomic E-state index is 0.0762. The zero-order valence-corrected chi connectivity index (χ0v) is 16.6. The maximum atomic E-state index is 12.8. The largest absolute Gasteiger partial charge is 0.366 e. The van der Waals surface area contributed by atoms with Crippen LogP contribution in [0.25, 0.3) is 10.9 Å². The molecule has 0 saturated carbocycles. The van der Waals surface area contributed by atoms with Gasteiger partial charge < -0.3 is 11.1 Å². The lowest BCUT2D eigenvalue weighted by Crippen LogP contribution is -2.16. The van der Waals surface area contributed by atoms with Gasteiger partial charge in [0.1, 0.15) is 5.00 Å². The van der Waals surface area contributed by atoms with E-state index >= 15 is 0 Å². The maximum absolute atomic E-state index is 12.8. The number of fused-ring (bicyclic) bond motifs is 1. The smallest absolute Gasteiger partial charge is 0.257 e. The highest BCUT2D eigenvalue weighted by atomic mass is 32.1. The van der Waals surface area contributed by atoms with Gasteiger partial charge in [0.15, 0.2) is 0 Å². The molecule has 0 fully saturated rings. The van der Waals surface area contributed by atoms with Gasteiger partial charge in [-0.15, -0.1) is 11.3 Å². The number of pyridine rings is 1. The topological polar surface area (TPSA) is 85.1 Å². The van der Waals surface area contributed by atoms with Gasteiger partial charge in [0.2, 0.25) is 0 Å². The van der Waals surface area contributed by atoms with Gasteiger partial charge in [0.05, 0.1) is 16.6 Å². The van der Waals surface area contributed by atoms with Crippen molar-refractivity contribution in [2.75, 3.05) is 5.32 Å². The number of nitrogens with one attached hydrogen (secondary N) is 1. The van der Waals surface area contributed by atoms with Crippen molar-refractivity contribution in [3.63, 3.8) is 0 Å². The molecule has 0 aliphatic carbocycles. The third kappa shape index (κ3) is 3.88. The minimum Gasteiger partial charge on any atom is -0.366 e. The van der Waals surface area contributed by atoms with Crippen molar-refractivity contribution < 1.29 is 9.59 Å². The minimum atomic E-state index is -0.570. The monoisotopic (exact) mass is 401 g/mol. The third-order valence-electron chi connectivity index (χ3n) is 4.82. The number of rotatable bonds is 5. The van der Waals surface area contributed by atoms with Crippen molar-refractivity contribution in [1.82, 2.24) is 4.98 Å². The van der Waals surface area contributed by atoms with E-state index in [-0.39, 0.29) is 11.8 Å². The summed E-state index contributed by atoms with van der Waals surface area (Å²) in [6, 6.07) is 21.1. The number of para-hydroxylation sites is 1. The van der Waals surface area contributed by atoms with Gasteiger partial charge in [-0.05, 0) is 23.8 Å². The number of anilines is 1. The maximum Gasteiger partial charge on any atom is 0.257 e. The zero-order chi connectivity index (χ0) is 20.4. The molecule has 2 aromatic heterocycles. The number of carbonyl (C=O) groups excluding carboxylic acids is 2. The van der Waals surface area contributed by atoms with Gasteiger partial charge >= 0.3 is 0 Å². The fourth-order valence-electron chi connectivity index (χ4n) is 3.18. The Balaban J connectivity index is 1.64. The lowest BCUT2D eigenvalue weighted by molar-refractivity contribution is 0.100. The number of thiophene rings is 1. The Kier molecular flexibility index (Phi) is 5.10. The molecule has 4 aromatic rings. The average Bonchev–Trinajstić information content (AvgIpc) is 3.17. The van der Waals surface area contributed by atoms with Crippen molar-refractivity contribution in [3.05, 3.63) is 94.5 Å². The molecular weight excluding hydrogens is 382 g/mol. The van der Waals surface area contributed by atoms with Crippen molar-refractivity contribution >= 4 is 39.1 Å². The number of amides is 2. The first-order valence-electron chi connectivity index (χ1n) is 9.17. The van der Waals surface area contributed by atoms with Crippen LogP contribution in [-0.2, 0) is 0 Å². The molecule has 29 heavy (non-hydrogen) atoms. The first-order chi connectivity index (χ1) is 14.0. The van der Waals surface area contributed by atoms with Crippen LogP contribution in [0.4, 0.5) is 5.00 Å². The first kappa shape index (κ1) is 18.8. The van der Waals surface area contributed by atoms with Gasteiger partial charge in [-0.3, -0.25) is 14.6 Å². The number of carbonyl (C=O) groups is 2. The Bertz CT molecular complexity index is 1200. The van der Waals surface area contributed by atoms with Crippen LogP contribution < -0.4 is 11.1 Å². The second-order valence-corrected chi connectivity index (χ2v) is 7.84. The molecule has 5 nitrogen and oxygen atoms in total. The second kappa shape index (κ2) is 7.85. The molecule has 144 valence electrons. The molecule has 0 aliphatic rings. The van der Waals surface area contributed by atoms with Crippen LogP contribution in [-0.4, -0.2) is 16.8 Å². The first-order valence-corrected chi connectivity index (χ1v) is 9.99. The van der Waals surface area contributed by atoms with Gasteiger partial charge in [0, 0.05) is 22.4 Å². The summed E-state index contributed by atoms with van der Waals surface area (Å²) in [5.74, 6) is -0.821. The Morgan fingerprint density at radius 2 is 1.76 bits per heavy atom. The van der Waals surface area contributed by atoms with Crippen LogP contribution in [0.5, 0.6) is 0 Å². The number of benzene rings is 2. The predicted molar refractivity (Wildman–Crippen MR) is 116 cm³/mol. The van der Waals surface area contributed by atoms with Crippen LogP contribution >= 0.6 is 11.3 Å². The van der Waals surface area contributed by atoms with E-state index in [0.29, 0.717) is 16.1 Å². The molecule has 1 atom stereocenters. The lowest BCUT2D eigenvalue weighted by atomic mass is 9.99. The second-order valence-electron chi connectivity index (χ2n) is 6.76. The molecule has 0 radical (unpaired) electrons. The molecule has 0 bridgehead atoms. The molecule has 2 heterocycles. The molecule has 2 amide bonds. The SMILES string of the molecule is CC(c1ccccc1)c1cc(C(N)=O)c(NC(=O)c2cnc3ccccc3c2)s1. The van der Waals surface area contributed by atoms with Gasteiger partial charge in [-0.25, -0.2) is 0 Å². The van der Waals surface area contributed by atoms with E-state index in [0.717, 1.165) is 21.3 Å². The number of aromatic nitrogens is 1. The number of primary amides is 1. The zero-order valence-electron chi connectivity index (χ0n) is 15.8. The summed E-state index contributed by atoms with van der Waals surface area (Å²) >= 11 is 1.36. The fourth-order valence-corrected chi connectivity index (χ4v) is 4.31. The van der Waals surface area contributed by atoms with Gasteiger partial charge in [-0.1, -0.05) is 55.5 Å². The summed E-state index contributed by atoms with van der Waals surface area (Å²) in [7, 11) is 0. The van der Waals surface area contributed by atoms with Crippen molar-refractivity contribution in [2.45, 2.75) is 12.8 Å². The standard InChI is InChI=1S/C23H19N3O2S/c1-14(15-7-3-2-4-8-15)20-12-18(21(24)27)23(29-20)26-22(28)17-11-16-9-5-6-10-19(16)25-13-17/h2-14H,1H3,(H2,24,27)(H,26,28). The molecular formula is C23H19N3O2S. The van der Waals surface area contributed by atoms with Crippen LogP contribution in [0.15, 0.2) is 72.9 Å². The fraction of sp³-hybridized carbons (Fsp3) is 0.0870. The van der Waals surface area contributed by atoms with Gasteiger partial charge in [0.25, 0.3) is 11.8 Å². The summed E-state index contributed by atoms with van der Waals surface area (Å²) in [6.07, 6.45) is 1.53. The van der Waals surface area contributed by atoms with Crippen molar-refractivity contribution in [2.24, 2.45) is 5.73 Å². The van der Waals surface area contributed by atoms with E-state index in [4.69, 9.17) is 5.73 Å². The van der Waals surface area contributed by atoms with Crippen LogP contribution in [0, 0.1) is 0 Å². The van der Waals surface area contributed by atoms with Crippen molar-refractivity contribution in [3.8, 4) is 0 Å². The number of nitrogens with two attached hydrogens (primary N) is 1. The number of hydrogen-bond acceptors (Lipinski definition) is 4. The molecule has 3 N–H and O–H groups in total. The highest BCUT2D eigenvalue weighted by molar-refractivity contribution is 7.16. The Morgan fingerprint density at radius 1 is 1.03 bits per heavy atom. The number of nitrogens with zero attached hydrogens (tertiary/aromatic N) is 1. The summed E-state index contributed by atoms with van der Waals surface area (Å²) in [5.41, 5.74) is 8.24. The van der Waals surface area contributed by atoms with Crippen LogP contribution in [0.3, 0.4) is 0 Å². The normalized spacial score (nSPS) is 11.9. The van der Waals surface area contributed by atoms with Crippen molar-refractivity contribution in [1.29, 1.82) is 0 Å². The van der Waals surface area contributed by atoms with E-state index in [1.807, 2.05) is 54.6 Å². The summed E-state index contributed by atoms with van der Waals surface area (Å²) in [5, 5.41) is 4.17. The number of hydrogen-bond donors (Lipinski definition) is 2. The summed E-state index contributed by atoms with van der Waals surface area (Å²) in [4.78, 5) is 30.0. The molecule has 0 spiro atoms. The van der Waals surface area contributed by atoms with E-state index in [1.165, 1.54) is 17.5 Å². The Morgan fingerprint density at radius 3 is 2.52 bits per heavy atom. The molecule has 1 unspecified atom stereocenters. The van der Waals surface area contributed by atoms with E-state index in [1.54, 1.807) is 12.1 Å². The van der Waals surface area contributed by atoms with Crippen LogP contribution in [0.2, 0.25) is 0 Å². The molecule has 2 aromatic carbocycles. The molecule has 6 heteroatoms. The van der Waals surface area contributed by atoms with Crippen LogP contribution in [0.1, 0.15) is 44.0 Å². The van der Waals surface area contributed by atoms with Gasteiger partial charge in [-0.2, -0.15) is 0 Å². The highest BCUT2D eigenvalue weighted by Crippen LogP contribution is 2.36. The summed E-state index contributed by atoms with van der Waals surface area (Å²) < 4.78 is 0. The highest BCUT2D eigenvalue weighted by Gasteiger charge is 2.20. The molecule has 0 aliphatic heterocycles. The predicted octanol–water partition coefficient (Wildman–Crippen LogP) is 4.80. The molecule has 0 saturated heterocycles. The van der Waals surface area contributed by atoms with E-state index in [2.05, 4.69) is 17.2 Å². The lowest BCUT2D eigenvalue weighted by Gasteiger charge is -2.09. The average molecular weight is 401 g/mol.